The zero-order chi connectivity index (χ0) is 20.0. The summed E-state index contributed by atoms with van der Waals surface area (Å²) in [6.07, 6.45) is -4.55. The minimum absolute atomic E-state index is 0.204. The summed E-state index contributed by atoms with van der Waals surface area (Å²) in [6, 6.07) is 4.15. The van der Waals surface area contributed by atoms with E-state index in [9.17, 15) is 22.8 Å². The second kappa shape index (κ2) is 9.24. The smallest absolute Gasteiger partial charge is 0.330 e. The minimum Gasteiger partial charge on any atom is -0.330 e. The first-order valence-electron chi connectivity index (χ1n) is 7.27. The van der Waals surface area contributed by atoms with Crippen LogP contribution in [0, 0.1) is 6.92 Å². The third kappa shape index (κ3) is 7.23. The lowest BCUT2D eigenvalue weighted by atomic mass is 10.2. The molecule has 2 rings (SSSR count). The van der Waals surface area contributed by atoms with Gasteiger partial charge in [0.2, 0.25) is 11.0 Å². The summed E-state index contributed by atoms with van der Waals surface area (Å²) < 4.78 is 36.4. The first kappa shape index (κ1) is 21.3. The highest BCUT2D eigenvalue weighted by Crippen LogP contribution is 2.30. The Labute approximate surface area is 165 Å². The van der Waals surface area contributed by atoms with Gasteiger partial charge in [0, 0.05) is 10.7 Å². The van der Waals surface area contributed by atoms with Crippen molar-refractivity contribution < 1.29 is 22.8 Å². The van der Waals surface area contributed by atoms with Crippen LogP contribution in [-0.2, 0) is 4.79 Å². The summed E-state index contributed by atoms with van der Waals surface area (Å²) >= 11 is 8.21. The number of rotatable bonds is 6. The molecule has 3 N–H and O–H groups in total. The van der Waals surface area contributed by atoms with Gasteiger partial charge in [-0.3, -0.25) is 10.1 Å². The largest absolute Gasteiger partial charge is 0.405 e. The number of carbonyl (C=O) groups excluding carboxylic acids is 2. The Bertz CT molecular complexity index is 831. The first-order chi connectivity index (χ1) is 12.6. The van der Waals surface area contributed by atoms with Crippen molar-refractivity contribution in [2.45, 2.75) is 17.4 Å². The van der Waals surface area contributed by atoms with Crippen LogP contribution in [0.15, 0.2) is 22.5 Å². The summed E-state index contributed by atoms with van der Waals surface area (Å²) in [4.78, 5) is 22.8. The highest BCUT2D eigenvalue weighted by Gasteiger charge is 2.28. The molecule has 146 valence electrons. The topological polar surface area (TPSA) is 96.0 Å². The summed E-state index contributed by atoms with van der Waals surface area (Å²) in [7, 11) is 0. The van der Waals surface area contributed by atoms with Crippen LogP contribution in [0.4, 0.5) is 28.8 Å². The molecule has 0 spiro atoms. The van der Waals surface area contributed by atoms with Gasteiger partial charge in [-0.1, -0.05) is 40.8 Å². The van der Waals surface area contributed by atoms with Crippen molar-refractivity contribution in [3.8, 4) is 0 Å². The number of aromatic nitrogens is 2. The molecule has 27 heavy (non-hydrogen) atoms. The average molecular weight is 440 g/mol. The van der Waals surface area contributed by atoms with E-state index in [0.29, 0.717) is 14.5 Å². The van der Waals surface area contributed by atoms with Crippen molar-refractivity contribution >= 4 is 57.5 Å². The van der Waals surface area contributed by atoms with Gasteiger partial charge >= 0.3 is 12.2 Å². The van der Waals surface area contributed by atoms with Crippen molar-refractivity contribution in [2.75, 3.05) is 17.6 Å². The Hall–Kier alpha value is -2.05. The lowest BCUT2D eigenvalue weighted by Gasteiger charge is -2.08. The lowest BCUT2D eigenvalue weighted by molar-refractivity contribution is -0.124. The zero-order valence-electron chi connectivity index (χ0n) is 13.7. The molecule has 0 bridgehead atoms. The fraction of sp³-hybridized carbons (Fsp3) is 0.286. The molecular formula is C14H13ClF3N5O2S2. The molecule has 2 aromatic rings. The molecule has 0 saturated heterocycles. The number of imide groups is 1. The molecule has 1 aromatic carbocycles. The number of thioether (sulfide) groups is 1. The van der Waals surface area contributed by atoms with Crippen LogP contribution in [0.2, 0.25) is 5.02 Å². The Morgan fingerprint density at radius 2 is 2.04 bits per heavy atom. The molecule has 0 unspecified atom stereocenters. The maximum Gasteiger partial charge on any atom is 0.405 e. The molecule has 1 aromatic heterocycles. The fourth-order valence-corrected chi connectivity index (χ4v) is 3.43. The van der Waals surface area contributed by atoms with Crippen LogP contribution in [0.25, 0.3) is 0 Å². The monoisotopic (exact) mass is 439 g/mol. The molecule has 1 heterocycles. The molecule has 0 aliphatic heterocycles. The number of benzene rings is 1. The Balaban J connectivity index is 1.81. The molecule has 0 aliphatic rings. The molecule has 0 fully saturated rings. The normalized spacial score (nSPS) is 11.1. The van der Waals surface area contributed by atoms with Crippen molar-refractivity contribution in [3.63, 3.8) is 0 Å². The number of hydrogen-bond donors (Lipinski definition) is 3. The van der Waals surface area contributed by atoms with Crippen LogP contribution in [0.3, 0.4) is 0 Å². The Morgan fingerprint density at radius 1 is 1.30 bits per heavy atom. The third-order valence-electron chi connectivity index (χ3n) is 2.94. The van der Waals surface area contributed by atoms with Gasteiger partial charge in [-0.2, -0.15) is 13.2 Å². The van der Waals surface area contributed by atoms with Gasteiger partial charge in [0.25, 0.3) is 0 Å². The molecule has 3 amide bonds. The van der Waals surface area contributed by atoms with Crippen LogP contribution in [-0.4, -0.2) is 40.6 Å². The maximum absolute atomic E-state index is 12.0. The number of urea groups is 1. The molecule has 0 atom stereocenters. The number of alkyl halides is 3. The van der Waals surface area contributed by atoms with E-state index in [-0.39, 0.29) is 5.75 Å². The van der Waals surface area contributed by atoms with Gasteiger partial charge in [0.15, 0.2) is 4.34 Å². The summed E-state index contributed by atoms with van der Waals surface area (Å²) in [5.74, 6) is -0.959. The summed E-state index contributed by atoms with van der Waals surface area (Å²) in [5, 5.41) is 15.3. The van der Waals surface area contributed by atoms with Gasteiger partial charge in [-0.25, -0.2) is 4.79 Å². The standard InChI is InChI=1S/C14H13ClF3N5O2S2/c1-7-8(15)3-2-4-9(7)20-12-22-23-13(27-12)26-5-10(24)21-11(25)19-6-14(16,17)18/h2-4H,5-6H2,1H3,(H,20,22)(H2,19,21,24,25). The number of nitrogens with zero attached hydrogens (tertiary/aromatic N) is 2. The van der Waals surface area contributed by atoms with Gasteiger partial charge in [-0.15, -0.1) is 10.2 Å². The predicted molar refractivity (Wildman–Crippen MR) is 97.7 cm³/mol. The van der Waals surface area contributed by atoms with E-state index in [1.807, 2.05) is 13.0 Å². The molecule has 0 aliphatic carbocycles. The molecular weight excluding hydrogens is 427 g/mol. The quantitative estimate of drug-likeness (QED) is 0.594. The van der Waals surface area contributed by atoms with Crippen LogP contribution < -0.4 is 16.0 Å². The SMILES string of the molecule is Cc1c(Cl)cccc1Nc1nnc(SCC(=O)NC(=O)NCC(F)(F)F)s1. The van der Waals surface area contributed by atoms with Gasteiger partial charge in [0.05, 0.1) is 5.75 Å². The number of hydrogen-bond acceptors (Lipinski definition) is 7. The van der Waals surface area contributed by atoms with Crippen molar-refractivity contribution in [3.05, 3.63) is 28.8 Å². The fourth-order valence-electron chi connectivity index (χ4n) is 1.69. The second-order valence-electron chi connectivity index (χ2n) is 5.05. The van der Waals surface area contributed by atoms with Crippen LogP contribution in [0.1, 0.15) is 5.56 Å². The predicted octanol–water partition coefficient (Wildman–Crippen LogP) is 3.72. The van der Waals surface area contributed by atoms with Crippen LogP contribution in [0.5, 0.6) is 0 Å². The number of nitrogens with one attached hydrogen (secondary N) is 3. The van der Waals surface area contributed by atoms with Gasteiger partial charge < -0.3 is 10.6 Å². The van der Waals surface area contributed by atoms with E-state index in [1.54, 1.807) is 22.8 Å². The van der Waals surface area contributed by atoms with E-state index in [4.69, 9.17) is 11.6 Å². The minimum atomic E-state index is -4.55. The highest BCUT2D eigenvalue weighted by atomic mass is 35.5. The van der Waals surface area contributed by atoms with Crippen molar-refractivity contribution in [1.29, 1.82) is 0 Å². The first-order valence-corrected chi connectivity index (χ1v) is 9.45. The number of carbonyl (C=O) groups is 2. The third-order valence-corrected chi connectivity index (χ3v) is 5.33. The van der Waals surface area contributed by atoms with Crippen molar-refractivity contribution in [2.24, 2.45) is 0 Å². The van der Waals surface area contributed by atoms with Gasteiger partial charge in [0.1, 0.15) is 6.54 Å². The highest BCUT2D eigenvalue weighted by molar-refractivity contribution is 8.01. The molecule has 0 saturated carbocycles. The summed E-state index contributed by atoms with van der Waals surface area (Å²) in [5.41, 5.74) is 1.60. The maximum atomic E-state index is 12.0. The zero-order valence-corrected chi connectivity index (χ0v) is 16.1. The Kier molecular flexibility index (Phi) is 7.27. The second-order valence-corrected chi connectivity index (χ2v) is 7.65. The van der Waals surface area contributed by atoms with Crippen molar-refractivity contribution in [1.82, 2.24) is 20.8 Å². The van der Waals surface area contributed by atoms with E-state index < -0.39 is 24.7 Å². The lowest BCUT2D eigenvalue weighted by Crippen LogP contribution is -2.43. The van der Waals surface area contributed by atoms with E-state index >= 15 is 0 Å². The number of anilines is 2. The Morgan fingerprint density at radius 3 is 2.74 bits per heavy atom. The van der Waals surface area contributed by atoms with Gasteiger partial charge in [-0.05, 0) is 24.6 Å². The molecule has 13 heteroatoms. The van der Waals surface area contributed by atoms with E-state index in [1.165, 1.54) is 11.3 Å². The van der Waals surface area contributed by atoms with Crippen LogP contribution >= 0.6 is 34.7 Å². The molecule has 7 nitrogen and oxygen atoms in total. The number of halogens is 4. The number of amides is 3. The molecule has 0 radical (unpaired) electrons. The summed E-state index contributed by atoms with van der Waals surface area (Å²) in [6.45, 7) is 0.323. The van der Waals surface area contributed by atoms with E-state index in [2.05, 4.69) is 15.5 Å². The van der Waals surface area contributed by atoms with E-state index in [0.717, 1.165) is 23.0 Å². The average Bonchev–Trinajstić information content (AvgIpc) is 3.02.